The molecule has 0 spiro atoms. The molecule has 0 aromatic heterocycles. The van der Waals surface area contributed by atoms with Crippen molar-refractivity contribution < 1.29 is 13.2 Å². The SMILES string of the molecule is CN=C(NCCNS(C)(=O)=O)N1CCCC(CC(N)=O)C1.I. The van der Waals surface area contributed by atoms with Crippen molar-refractivity contribution in [2.45, 2.75) is 19.3 Å². The minimum Gasteiger partial charge on any atom is -0.370 e. The zero-order valence-corrected chi connectivity index (χ0v) is 16.2. The van der Waals surface area contributed by atoms with Crippen LogP contribution in [0, 0.1) is 5.92 Å². The lowest BCUT2D eigenvalue weighted by Gasteiger charge is -2.34. The van der Waals surface area contributed by atoms with Gasteiger partial charge < -0.3 is 16.0 Å². The van der Waals surface area contributed by atoms with Gasteiger partial charge in [-0.1, -0.05) is 0 Å². The van der Waals surface area contributed by atoms with Crippen molar-refractivity contribution in [3.05, 3.63) is 0 Å². The molecule has 0 aliphatic carbocycles. The molecule has 0 bridgehead atoms. The van der Waals surface area contributed by atoms with Gasteiger partial charge in [0.05, 0.1) is 6.26 Å². The summed E-state index contributed by atoms with van der Waals surface area (Å²) in [5.41, 5.74) is 5.25. The lowest BCUT2D eigenvalue weighted by atomic mass is 9.95. The van der Waals surface area contributed by atoms with Crippen LogP contribution in [0.4, 0.5) is 0 Å². The highest BCUT2D eigenvalue weighted by Gasteiger charge is 2.23. The molecular formula is C12H26IN5O3S. The Balaban J connectivity index is 0.00000441. The van der Waals surface area contributed by atoms with Gasteiger partial charge in [-0.05, 0) is 18.8 Å². The minimum atomic E-state index is -3.17. The second-order valence-corrected chi connectivity index (χ2v) is 7.10. The number of guanidine groups is 1. The van der Waals surface area contributed by atoms with Crippen LogP contribution in [0.3, 0.4) is 0 Å². The van der Waals surface area contributed by atoms with Crippen LogP contribution >= 0.6 is 24.0 Å². The van der Waals surface area contributed by atoms with Crippen molar-refractivity contribution in [2.75, 3.05) is 39.5 Å². The molecule has 1 atom stereocenters. The highest BCUT2D eigenvalue weighted by atomic mass is 127. The molecule has 8 nitrogen and oxygen atoms in total. The number of hydrogen-bond donors (Lipinski definition) is 3. The van der Waals surface area contributed by atoms with Gasteiger partial charge in [0.1, 0.15) is 0 Å². The van der Waals surface area contributed by atoms with Crippen LogP contribution in [0.2, 0.25) is 0 Å². The molecule has 0 aromatic carbocycles. The molecular weight excluding hydrogens is 421 g/mol. The largest absolute Gasteiger partial charge is 0.370 e. The standard InChI is InChI=1S/C12H25N5O3S.HI/c1-14-12(15-5-6-16-21(2,19)20)17-7-3-4-10(9-17)8-11(13)18;/h10,16H,3-9H2,1-2H3,(H2,13,18)(H,14,15);1H. The molecule has 130 valence electrons. The predicted molar refractivity (Wildman–Crippen MR) is 97.7 cm³/mol. The molecule has 4 N–H and O–H groups in total. The third-order valence-corrected chi connectivity index (χ3v) is 4.02. The first-order chi connectivity index (χ1) is 9.81. The van der Waals surface area contributed by atoms with Gasteiger partial charge in [-0.2, -0.15) is 0 Å². The smallest absolute Gasteiger partial charge is 0.217 e. The van der Waals surface area contributed by atoms with E-state index in [9.17, 15) is 13.2 Å². The number of likely N-dealkylation sites (tertiary alicyclic amines) is 1. The molecule has 0 aromatic rings. The Bertz CT molecular complexity index is 483. The van der Waals surface area contributed by atoms with Crippen LogP contribution < -0.4 is 15.8 Å². The quantitative estimate of drug-likeness (QED) is 0.216. The number of rotatable bonds is 6. The summed E-state index contributed by atoms with van der Waals surface area (Å²) >= 11 is 0. The number of sulfonamides is 1. The van der Waals surface area contributed by atoms with E-state index in [2.05, 4.69) is 19.9 Å². The fourth-order valence-electron chi connectivity index (χ4n) is 2.45. The van der Waals surface area contributed by atoms with Gasteiger partial charge in [0.25, 0.3) is 0 Å². The van der Waals surface area contributed by atoms with E-state index in [0.717, 1.165) is 38.1 Å². The maximum Gasteiger partial charge on any atom is 0.217 e. The molecule has 1 aliphatic rings. The molecule has 0 radical (unpaired) electrons. The average molecular weight is 447 g/mol. The van der Waals surface area contributed by atoms with E-state index in [4.69, 9.17) is 5.73 Å². The molecule has 1 rings (SSSR count). The molecule has 1 fully saturated rings. The van der Waals surface area contributed by atoms with Gasteiger partial charge in [0, 0.05) is 39.6 Å². The first kappa shape index (κ1) is 21.4. The van der Waals surface area contributed by atoms with Crippen molar-refractivity contribution in [3.8, 4) is 0 Å². The maximum atomic E-state index is 11.0. The first-order valence-corrected chi connectivity index (χ1v) is 8.89. The number of nitrogens with two attached hydrogens (primary N) is 1. The van der Waals surface area contributed by atoms with Crippen LogP contribution in [0.15, 0.2) is 4.99 Å². The fraction of sp³-hybridized carbons (Fsp3) is 0.833. The van der Waals surface area contributed by atoms with E-state index >= 15 is 0 Å². The first-order valence-electron chi connectivity index (χ1n) is 7.00. The van der Waals surface area contributed by atoms with Gasteiger partial charge in [-0.25, -0.2) is 13.1 Å². The number of carbonyl (C=O) groups excluding carboxylic acids is 1. The van der Waals surface area contributed by atoms with Gasteiger partial charge in [-0.15, -0.1) is 24.0 Å². The number of nitrogens with one attached hydrogen (secondary N) is 2. The Morgan fingerprint density at radius 1 is 1.41 bits per heavy atom. The highest BCUT2D eigenvalue weighted by molar-refractivity contribution is 14.0. The monoisotopic (exact) mass is 447 g/mol. The second kappa shape index (κ2) is 10.2. The van der Waals surface area contributed by atoms with Crippen molar-refractivity contribution >= 4 is 45.9 Å². The number of halogens is 1. The van der Waals surface area contributed by atoms with Gasteiger partial charge in [0.15, 0.2) is 5.96 Å². The third kappa shape index (κ3) is 8.73. The summed E-state index contributed by atoms with van der Waals surface area (Å²) in [5, 5.41) is 3.12. The van der Waals surface area contributed by atoms with Crippen LogP contribution in [0.25, 0.3) is 0 Å². The van der Waals surface area contributed by atoms with Crippen molar-refractivity contribution in [1.82, 2.24) is 14.9 Å². The zero-order chi connectivity index (χ0) is 15.9. The Labute approximate surface area is 149 Å². The van der Waals surface area contributed by atoms with Crippen LogP contribution in [0.1, 0.15) is 19.3 Å². The number of aliphatic imine (C=N–C) groups is 1. The van der Waals surface area contributed by atoms with Gasteiger partial charge in [0.2, 0.25) is 15.9 Å². The van der Waals surface area contributed by atoms with Crippen molar-refractivity contribution in [1.29, 1.82) is 0 Å². The Kier molecular flexibility index (Phi) is 9.92. The summed E-state index contributed by atoms with van der Waals surface area (Å²) in [5.74, 6) is 0.700. The Morgan fingerprint density at radius 3 is 2.64 bits per heavy atom. The second-order valence-electron chi connectivity index (χ2n) is 5.27. The van der Waals surface area contributed by atoms with Crippen LogP contribution in [-0.2, 0) is 14.8 Å². The lowest BCUT2D eigenvalue weighted by molar-refractivity contribution is -0.119. The Hall–Kier alpha value is -0.620. The molecule has 1 aliphatic heterocycles. The summed E-state index contributed by atoms with van der Waals surface area (Å²) < 4.78 is 24.4. The number of carbonyl (C=O) groups is 1. The minimum absolute atomic E-state index is 0. The van der Waals surface area contributed by atoms with E-state index in [-0.39, 0.29) is 35.8 Å². The molecule has 1 heterocycles. The topological polar surface area (TPSA) is 117 Å². The summed E-state index contributed by atoms with van der Waals surface area (Å²) in [6.07, 6.45) is 3.50. The molecule has 1 amide bonds. The third-order valence-electron chi connectivity index (χ3n) is 3.29. The van der Waals surface area contributed by atoms with E-state index in [1.54, 1.807) is 7.05 Å². The number of nitrogens with zero attached hydrogens (tertiary/aromatic N) is 2. The van der Waals surface area contributed by atoms with Crippen molar-refractivity contribution in [3.63, 3.8) is 0 Å². The van der Waals surface area contributed by atoms with Crippen molar-refractivity contribution in [2.24, 2.45) is 16.6 Å². The number of hydrogen-bond acceptors (Lipinski definition) is 4. The molecule has 10 heteroatoms. The highest BCUT2D eigenvalue weighted by Crippen LogP contribution is 2.19. The lowest BCUT2D eigenvalue weighted by Crippen LogP contribution is -2.48. The zero-order valence-electron chi connectivity index (χ0n) is 13.0. The summed E-state index contributed by atoms with van der Waals surface area (Å²) in [6.45, 7) is 2.36. The summed E-state index contributed by atoms with van der Waals surface area (Å²) in [6, 6.07) is 0. The van der Waals surface area contributed by atoms with E-state index in [0.29, 0.717) is 19.5 Å². The molecule has 0 saturated carbocycles. The van der Waals surface area contributed by atoms with E-state index in [1.807, 2.05) is 0 Å². The number of amides is 1. The fourth-order valence-corrected chi connectivity index (χ4v) is 2.92. The maximum absolute atomic E-state index is 11.0. The molecule has 1 unspecified atom stereocenters. The summed E-state index contributed by atoms with van der Waals surface area (Å²) in [4.78, 5) is 17.3. The van der Waals surface area contributed by atoms with E-state index in [1.165, 1.54) is 0 Å². The van der Waals surface area contributed by atoms with Crippen LogP contribution in [-0.4, -0.2) is 64.7 Å². The van der Waals surface area contributed by atoms with Crippen LogP contribution in [0.5, 0.6) is 0 Å². The van der Waals surface area contributed by atoms with E-state index < -0.39 is 10.0 Å². The normalized spacial score (nSPS) is 19.5. The molecule has 22 heavy (non-hydrogen) atoms. The predicted octanol–water partition coefficient (Wildman–Crippen LogP) is -0.684. The van der Waals surface area contributed by atoms with Gasteiger partial charge >= 0.3 is 0 Å². The average Bonchev–Trinajstić information content (AvgIpc) is 2.37. The number of primary amides is 1. The van der Waals surface area contributed by atoms with Gasteiger partial charge in [-0.3, -0.25) is 9.79 Å². The molecule has 1 saturated heterocycles. The Morgan fingerprint density at radius 2 is 2.09 bits per heavy atom. The number of piperidine rings is 1. The summed E-state index contributed by atoms with van der Waals surface area (Å²) in [7, 11) is -1.49.